The number of nitrogens with one attached hydrogen (secondary N) is 2. The number of carbonyl (C=O) groups is 2. The molecule has 114 valence electrons. The summed E-state index contributed by atoms with van der Waals surface area (Å²) in [5, 5.41) is 14.9. The van der Waals surface area contributed by atoms with Crippen molar-refractivity contribution in [3.8, 4) is 0 Å². The van der Waals surface area contributed by atoms with Gasteiger partial charge in [0.15, 0.2) is 0 Å². The van der Waals surface area contributed by atoms with Crippen molar-refractivity contribution in [2.24, 2.45) is 5.92 Å². The number of carbonyl (C=O) groups excluding carboxylic acids is 1. The first-order valence-corrected chi connectivity index (χ1v) is 7.50. The van der Waals surface area contributed by atoms with Crippen molar-refractivity contribution >= 4 is 17.7 Å². The van der Waals surface area contributed by atoms with Crippen molar-refractivity contribution in [1.82, 2.24) is 5.32 Å². The Hall–Kier alpha value is -2.04. The van der Waals surface area contributed by atoms with Crippen molar-refractivity contribution in [2.75, 3.05) is 5.32 Å². The molecule has 1 aromatic rings. The molecule has 1 aromatic carbocycles. The molecule has 2 rings (SSSR count). The van der Waals surface area contributed by atoms with E-state index in [0.29, 0.717) is 6.42 Å². The molecule has 2 amide bonds. The molecule has 1 saturated carbocycles. The monoisotopic (exact) mass is 290 g/mol. The third kappa shape index (κ3) is 3.97. The fourth-order valence-corrected chi connectivity index (χ4v) is 2.88. The smallest absolute Gasteiger partial charge is 0.319 e. The number of carboxylic acid groups (broad SMARTS) is 1. The first-order valence-electron chi connectivity index (χ1n) is 7.50. The lowest BCUT2D eigenvalue weighted by Crippen LogP contribution is -2.46. The van der Waals surface area contributed by atoms with Gasteiger partial charge in [0.05, 0.1) is 5.92 Å². The highest BCUT2D eigenvalue weighted by Gasteiger charge is 2.31. The summed E-state index contributed by atoms with van der Waals surface area (Å²) in [5.41, 5.74) is 1.84. The summed E-state index contributed by atoms with van der Waals surface area (Å²) >= 11 is 0. The van der Waals surface area contributed by atoms with Crippen LogP contribution in [0.25, 0.3) is 0 Å². The highest BCUT2D eigenvalue weighted by atomic mass is 16.4. The minimum absolute atomic E-state index is 0.287. The molecule has 0 spiro atoms. The van der Waals surface area contributed by atoms with Gasteiger partial charge < -0.3 is 15.7 Å². The summed E-state index contributed by atoms with van der Waals surface area (Å²) in [4.78, 5) is 23.3. The minimum Gasteiger partial charge on any atom is -0.481 e. The van der Waals surface area contributed by atoms with Gasteiger partial charge in [0, 0.05) is 11.7 Å². The molecule has 0 saturated heterocycles. The number of aliphatic carboxylic acids is 1. The highest BCUT2D eigenvalue weighted by Crippen LogP contribution is 2.25. The molecule has 0 aliphatic heterocycles. The first kappa shape index (κ1) is 15.4. The molecular weight excluding hydrogens is 268 g/mol. The molecule has 1 aliphatic carbocycles. The van der Waals surface area contributed by atoms with E-state index in [1.807, 2.05) is 31.2 Å². The van der Waals surface area contributed by atoms with Crippen LogP contribution in [-0.4, -0.2) is 23.1 Å². The number of amides is 2. The summed E-state index contributed by atoms with van der Waals surface area (Å²) in [6.45, 7) is 2.03. The Labute approximate surface area is 124 Å². The molecule has 1 fully saturated rings. The van der Waals surface area contributed by atoms with Crippen LogP contribution in [0.5, 0.6) is 0 Å². The van der Waals surface area contributed by atoms with Gasteiger partial charge in [-0.25, -0.2) is 4.79 Å². The summed E-state index contributed by atoms with van der Waals surface area (Å²) in [6, 6.07) is 7.02. The van der Waals surface area contributed by atoms with E-state index in [4.69, 9.17) is 0 Å². The van der Waals surface area contributed by atoms with Crippen molar-refractivity contribution < 1.29 is 14.7 Å². The van der Waals surface area contributed by atoms with E-state index in [1.54, 1.807) is 0 Å². The predicted molar refractivity (Wildman–Crippen MR) is 81.4 cm³/mol. The maximum absolute atomic E-state index is 12.1. The van der Waals surface area contributed by atoms with E-state index >= 15 is 0 Å². The van der Waals surface area contributed by atoms with Gasteiger partial charge in [0.1, 0.15) is 0 Å². The fraction of sp³-hybridized carbons (Fsp3) is 0.500. The van der Waals surface area contributed by atoms with E-state index in [0.717, 1.165) is 36.9 Å². The fourth-order valence-electron chi connectivity index (χ4n) is 2.88. The van der Waals surface area contributed by atoms with Gasteiger partial charge >= 0.3 is 12.0 Å². The number of hydrogen-bond acceptors (Lipinski definition) is 2. The van der Waals surface area contributed by atoms with Crippen molar-refractivity contribution in [2.45, 2.75) is 45.1 Å². The number of carboxylic acids is 1. The van der Waals surface area contributed by atoms with Gasteiger partial charge in [-0.1, -0.05) is 38.0 Å². The lowest BCUT2D eigenvalue weighted by Gasteiger charge is -2.29. The van der Waals surface area contributed by atoms with Gasteiger partial charge in [-0.15, -0.1) is 0 Å². The third-order valence-electron chi connectivity index (χ3n) is 4.05. The third-order valence-corrected chi connectivity index (χ3v) is 4.05. The van der Waals surface area contributed by atoms with Crippen molar-refractivity contribution in [3.05, 3.63) is 29.8 Å². The van der Waals surface area contributed by atoms with Crippen molar-refractivity contribution in [3.63, 3.8) is 0 Å². The zero-order valence-corrected chi connectivity index (χ0v) is 12.3. The van der Waals surface area contributed by atoms with Gasteiger partial charge in [-0.05, 0) is 30.9 Å². The molecule has 2 unspecified atom stereocenters. The molecular formula is C16H22N2O3. The molecule has 0 radical (unpaired) electrons. The topological polar surface area (TPSA) is 78.4 Å². The number of hydrogen-bond donors (Lipinski definition) is 3. The van der Waals surface area contributed by atoms with Crippen LogP contribution >= 0.6 is 0 Å². The van der Waals surface area contributed by atoms with Gasteiger partial charge in [-0.2, -0.15) is 0 Å². The highest BCUT2D eigenvalue weighted by molar-refractivity contribution is 5.90. The van der Waals surface area contributed by atoms with E-state index in [9.17, 15) is 14.7 Å². The Morgan fingerprint density at radius 1 is 1.24 bits per heavy atom. The van der Waals surface area contributed by atoms with Crippen LogP contribution in [0.2, 0.25) is 0 Å². The average Bonchev–Trinajstić information content (AvgIpc) is 2.48. The number of rotatable bonds is 4. The Balaban J connectivity index is 1.99. The average molecular weight is 290 g/mol. The van der Waals surface area contributed by atoms with E-state index in [1.165, 1.54) is 0 Å². The number of benzene rings is 1. The zero-order chi connectivity index (χ0) is 15.2. The van der Waals surface area contributed by atoms with Gasteiger partial charge in [0.2, 0.25) is 0 Å². The Bertz CT molecular complexity index is 516. The van der Waals surface area contributed by atoms with Crippen LogP contribution in [0, 0.1) is 5.92 Å². The Kier molecular flexibility index (Phi) is 5.20. The summed E-state index contributed by atoms with van der Waals surface area (Å²) in [7, 11) is 0. The SMILES string of the molecule is CCc1ccccc1NC(=O)NC1CCCCC1C(=O)O. The van der Waals surface area contributed by atoms with E-state index in [-0.39, 0.29) is 12.1 Å². The van der Waals surface area contributed by atoms with Gasteiger partial charge in [-0.3, -0.25) is 4.79 Å². The molecule has 5 heteroatoms. The maximum atomic E-state index is 12.1. The van der Waals surface area contributed by atoms with Crippen LogP contribution < -0.4 is 10.6 Å². The molecule has 3 N–H and O–H groups in total. The second-order valence-corrected chi connectivity index (χ2v) is 5.44. The molecule has 0 heterocycles. The number of para-hydroxylation sites is 1. The number of urea groups is 1. The largest absolute Gasteiger partial charge is 0.481 e. The Morgan fingerprint density at radius 3 is 2.67 bits per heavy atom. The quantitative estimate of drug-likeness (QED) is 0.797. The molecule has 2 atom stereocenters. The normalized spacial score (nSPS) is 21.6. The summed E-state index contributed by atoms with van der Waals surface area (Å²) in [6.07, 6.45) is 4.05. The van der Waals surface area contributed by atoms with Crippen LogP contribution in [0.1, 0.15) is 38.2 Å². The van der Waals surface area contributed by atoms with Crippen LogP contribution in [0.15, 0.2) is 24.3 Å². The molecule has 0 aromatic heterocycles. The maximum Gasteiger partial charge on any atom is 0.319 e. The second-order valence-electron chi connectivity index (χ2n) is 5.44. The predicted octanol–water partition coefficient (Wildman–Crippen LogP) is 3.01. The minimum atomic E-state index is -0.825. The molecule has 21 heavy (non-hydrogen) atoms. The molecule has 1 aliphatic rings. The van der Waals surface area contributed by atoms with Crippen LogP contribution in [0.3, 0.4) is 0 Å². The second kappa shape index (κ2) is 7.11. The van der Waals surface area contributed by atoms with Crippen LogP contribution in [-0.2, 0) is 11.2 Å². The first-order chi connectivity index (χ1) is 10.1. The summed E-state index contributed by atoms with van der Waals surface area (Å²) < 4.78 is 0. The van der Waals surface area contributed by atoms with E-state index < -0.39 is 11.9 Å². The lowest BCUT2D eigenvalue weighted by atomic mass is 9.84. The zero-order valence-electron chi connectivity index (χ0n) is 12.3. The molecule has 0 bridgehead atoms. The van der Waals surface area contributed by atoms with Gasteiger partial charge in [0.25, 0.3) is 0 Å². The van der Waals surface area contributed by atoms with Crippen LogP contribution in [0.4, 0.5) is 10.5 Å². The number of aryl methyl sites for hydroxylation is 1. The molecule has 5 nitrogen and oxygen atoms in total. The van der Waals surface area contributed by atoms with Crippen molar-refractivity contribution in [1.29, 1.82) is 0 Å². The van der Waals surface area contributed by atoms with E-state index in [2.05, 4.69) is 10.6 Å². The summed E-state index contributed by atoms with van der Waals surface area (Å²) in [5.74, 6) is -1.31. The number of anilines is 1. The Morgan fingerprint density at radius 2 is 1.95 bits per heavy atom. The lowest BCUT2D eigenvalue weighted by molar-refractivity contribution is -0.143. The standard InChI is InChI=1S/C16H22N2O3/c1-2-11-7-3-5-9-13(11)17-16(21)18-14-10-6-4-8-12(14)15(19)20/h3,5,7,9,12,14H,2,4,6,8,10H2,1H3,(H,19,20)(H2,17,18,21).